The van der Waals surface area contributed by atoms with Crippen LogP contribution >= 0.6 is 11.8 Å². The van der Waals surface area contributed by atoms with Crippen LogP contribution in [0.1, 0.15) is 11.1 Å². The third-order valence-corrected chi connectivity index (χ3v) is 7.46. The van der Waals surface area contributed by atoms with E-state index in [-0.39, 0.29) is 21.7 Å². The highest BCUT2D eigenvalue weighted by molar-refractivity contribution is 7.99. The van der Waals surface area contributed by atoms with Crippen molar-refractivity contribution >= 4 is 33.2 Å². The molecular formula is C22H23N3O6S2. The fraction of sp³-hybridized carbons (Fsp3) is 0.227. The van der Waals surface area contributed by atoms with Crippen LogP contribution in [0.25, 0.3) is 0 Å². The number of anilines is 1. The number of nitrogens with zero attached hydrogens (tertiary/aromatic N) is 1. The Labute approximate surface area is 195 Å². The summed E-state index contributed by atoms with van der Waals surface area (Å²) < 4.78 is 36.1. The summed E-state index contributed by atoms with van der Waals surface area (Å²) in [5, 5.41) is 2.84. The van der Waals surface area contributed by atoms with Crippen molar-refractivity contribution in [2.75, 3.05) is 25.3 Å². The Morgan fingerprint density at radius 3 is 2.42 bits per heavy atom. The number of aromatic amines is 1. The lowest BCUT2D eigenvalue weighted by molar-refractivity contribution is -0.113. The molecule has 0 saturated heterocycles. The molecule has 0 radical (unpaired) electrons. The average molecular weight is 490 g/mol. The molecule has 3 aromatic rings. The number of aromatic nitrogens is 2. The number of benzene rings is 2. The molecule has 33 heavy (non-hydrogen) atoms. The monoisotopic (exact) mass is 489 g/mol. The quantitative estimate of drug-likeness (QED) is 0.365. The Bertz CT molecular complexity index is 1350. The number of carbonyl (C=O) groups excluding carboxylic acids is 1. The second kappa shape index (κ2) is 10.1. The zero-order chi connectivity index (χ0) is 24.2. The molecule has 0 aliphatic rings. The number of sulfone groups is 1. The molecule has 2 aromatic carbocycles. The fourth-order valence-electron chi connectivity index (χ4n) is 2.88. The summed E-state index contributed by atoms with van der Waals surface area (Å²) in [7, 11) is -1.02. The third kappa shape index (κ3) is 5.55. The van der Waals surface area contributed by atoms with Gasteiger partial charge in [-0.05, 0) is 49.2 Å². The largest absolute Gasteiger partial charge is 0.493 e. The smallest absolute Gasteiger partial charge is 0.270 e. The van der Waals surface area contributed by atoms with E-state index in [4.69, 9.17) is 9.47 Å². The number of methoxy groups -OCH3 is 2. The first-order valence-corrected chi connectivity index (χ1v) is 12.2. The SMILES string of the molecule is COc1ccc(NC(=O)CSc2ncc(S(=O)(=O)c3ccc(C)c(C)c3)c(=O)[nH]2)cc1OC. The molecule has 0 aliphatic carbocycles. The molecular weight excluding hydrogens is 466 g/mol. The minimum Gasteiger partial charge on any atom is -0.493 e. The van der Waals surface area contributed by atoms with Crippen LogP contribution in [0.5, 0.6) is 11.5 Å². The third-order valence-electron chi connectivity index (χ3n) is 4.83. The van der Waals surface area contributed by atoms with Gasteiger partial charge in [-0.3, -0.25) is 9.59 Å². The summed E-state index contributed by atoms with van der Waals surface area (Å²) in [6.45, 7) is 3.66. The van der Waals surface area contributed by atoms with E-state index in [2.05, 4.69) is 15.3 Å². The molecule has 0 unspecified atom stereocenters. The van der Waals surface area contributed by atoms with E-state index in [0.29, 0.717) is 17.2 Å². The normalized spacial score (nSPS) is 11.2. The van der Waals surface area contributed by atoms with E-state index in [0.717, 1.165) is 29.1 Å². The number of hydrogen-bond donors (Lipinski definition) is 2. The molecule has 2 N–H and O–H groups in total. The summed E-state index contributed by atoms with van der Waals surface area (Å²) in [6, 6.07) is 9.61. The number of rotatable bonds is 8. The predicted octanol–water partition coefficient (Wildman–Crippen LogP) is 2.97. The van der Waals surface area contributed by atoms with Crippen molar-refractivity contribution < 1.29 is 22.7 Å². The summed E-state index contributed by atoms with van der Waals surface area (Å²) in [5.41, 5.74) is 1.45. The van der Waals surface area contributed by atoms with E-state index in [1.165, 1.54) is 26.4 Å². The molecule has 11 heteroatoms. The number of H-pyrrole nitrogens is 1. The lowest BCUT2D eigenvalue weighted by Crippen LogP contribution is -2.20. The summed E-state index contributed by atoms with van der Waals surface area (Å²) >= 11 is 0.970. The zero-order valence-electron chi connectivity index (χ0n) is 18.5. The van der Waals surface area contributed by atoms with Crippen molar-refractivity contribution in [3.63, 3.8) is 0 Å². The van der Waals surface area contributed by atoms with E-state index in [1.807, 2.05) is 6.92 Å². The van der Waals surface area contributed by atoms with Gasteiger partial charge in [-0.2, -0.15) is 0 Å². The van der Waals surface area contributed by atoms with Crippen molar-refractivity contribution in [3.8, 4) is 11.5 Å². The standard InChI is InChI=1S/C22H23N3O6S2/c1-13-5-7-16(9-14(13)2)33(28,29)19-11-23-22(25-21(19)27)32-12-20(26)24-15-6-8-17(30-3)18(10-15)31-4/h5-11H,12H2,1-4H3,(H,24,26)(H,23,25,27). The summed E-state index contributed by atoms with van der Waals surface area (Å²) in [6.07, 6.45) is 1.01. The van der Waals surface area contributed by atoms with Gasteiger partial charge in [0.15, 0.2) is 21.6 Å². The van der Waals surface area contributed by atoms with Gasteiger partial charge < -0.3 is 19.8 Å². The highest BCUT2D eigenvalue weighted by Crippen LogP contribution is 2.30. The van der Waals surface area contributed by atoms with Crippen molar-refractivity contribution in [3.05, 3.63) is 64.1 Å². The maximum atomic E-state index is 12.8. The molecule has 1 aromatic heterocycles. The number of nitrogens with one attached hydrogen (secondary N) is 2. The second-order valence-corrected chi connectivity index (χ2v) is 9.92. The number of aryl methyl sites for hydroxylation is 2. The molecule has 0 atom stereocenters. The summed E-state index contributed by atoms with van der Waals surface area (Å²) in [4.78, 5) is 30.7. The maximum Gasteiger partial charge on any atom is 0.270 e. The topological polar surface area (TPSA) is 127 Å². The van der Waals surface area contributed by atoms with Gasteiger partial charge in [-0.15, -0.1) is 0 Å². The minimum atomic E-state index is -4.03. The van der Waals surface area contributed by atoms with Crippen LogP contribution in [-0.4, -0.2) is 44.3 Å². The van der Waals surface area contributed by atoms with E-state index in [9.17, 15) is 18.0 Å². The van der Waals surface area contributed by atoms with Crippen LogP contribution in [0.2, 0.25) is 0 Å². The van der Waals surface area contributed by atoms with Crippen LogP contribution in [0, 0.1) is 13.8 Å². The highest BCUT2D eigenvalue weighted by atomic mass is 32.2. The van der Waals surface area contributed by atoms with E-state index >= 15 is 0 Å². The van der Waals surface area contributed by atoms with Crippen LogP contribution < -0.4 is 20.3 Å². The van der Waals surface area contributed by atoms with Crippen LogP contribution in [-0.2, 0) is 14.6 Å². The molecule has 174 valence electrons. The molecule has 0 bridgehead atoms. The highest BCUT2D eigenvalue weighted by Gasteiger charge is 2.23. The van der Waals surface area contributed by atoms with E-state index in [1.54, 1.807) is 31.2 Å². The first-order chi connectivity index (χ1) is 15.6. The van der Waals surface area contributed by atoms with Gasteiger partial charge in [0, 0.05) is 11.8 Å². The average Bonchev–Trinajstić information content (AvgIpc) is 2.79. The molecule has 1 amide bonds. The van der Waals surface area contributed by atoms with Crippen LogP contribution in [0.3, 0.4) is 0 Å². The second-order valence-electron chi connectivity index (χ2n) is 7.04. The number of thioether (sulfide) groups is 1. The van der Waals surface area contributed by atoms with E-state index < -0.39 is 20.3 Å². The number of carbonyl (C=O) groups is 1. The first-order valence-electron chi connectivity index (χ1n) is 9.72. The summed E-state index contributed by atoms with van der Waals surface area (Å²) in [5.74, 6) is 0.597. The van der Waals surface area contributed by atoms with Gasteiger partial charge in [-0.1, -0.05) is 17.8 Å². The minimum absolute atomic E-state index is 0.0209. The predicted molar refractivity (Wildman–Crippen MR) is 125 cm³/mol. The van der Waals surface area contributed by atoms with Gasteiger partial charge in [-0.25, -0.2) is 13.4 Å². The van der Waals surface area contributed by atoms with Crippen LogP contribution in [0.15, 0.2) is 62.3 Å². The fourth-order valence-corrected chi connectivity index (χ4v) is 4.84. The van der Waals surface area contributed by atoms with Crippen molar-refractivity contribution in [2.24, 2.45) is 0 Å². The Morgan fingerprint density at radius 1 is 1.06 bits per heavy atom. The molecule has 0 fully saturated rings. The number of amides is 1. The van der Waals surface area contributed by atoms with Gasteiger partial charge in [0.2, 0.25) is 15.7 Å². The van der Waals surface area contributed by atoms with Gasteiger partial charge in [0.25, 0.3) is 5.56 Å². The maximum absolute atomic E-state index is 12.8. The molecule has 0 spiro atoms. The molecule has 9 nitrogen and oxygen atoms in total. The van der Waals surface area contributed by atoms with Gasteiger partial charge >= 0.3 is 0 Å². The number of ether oxygens (including phenoxy) is 2. The Kier molecular flexibility index (Phi) is 7.44. The van der Waals surface area contributed by atoms with Gasteiger partial charge in [0.1, 0.15) is 0 Å². The molecule has 3 rings (SSSR count). The Hall–Kier alpha value is -3.31. The van der Waals surface area contributed by atoms with Gasteiger partial charge in [0.05, 0.1) is 31.1 Å². The Balaban J connectivity index is 1.70. The lowest BCUT2D eigenvalue weighted by Gasteiger charge is -2.10. The van der Waals surface area contributed by atoms with Crippen molar-refractivity contribution in [1.29, 1.82) is 0 Å². The first kappa shape index (κ1) is 24.3. The molecule has 0 aliphatic heterocycles. The lowest BCUT2D eigenvalue weighted by atomic mass is 10.1. The molecule has 1 heterocycles. The molecule has 0 saturated carbocycles. The Morgan fingerprint density at radius 2 is 1.79 bits per heavy atom. The van der Waals surface area contributed by atoms with Crippen molar-refractivity contribution in [2.45, 2.75) is 28.8 Å². The zero-order valence-corrected chi connectivity index (χ0v) is 20.1. The van der Waals surface area contributed by atoms with Crippen LogP contribution in [0.4, 0.5) is 5.69 Å². The number of hydrogen-bond acceptors (Lipinski definition) is 8. The van der Waals surface area contributed by atoms with Crippen molar-refractivity contribution in [1.82, 2.24) is 9.97 Å².